The monoisotopic (exact) mass is 350 g/mol. The number of carbonyl (C=O) groups is 1. The topological polar surface area (TPSA) is 53.4 Å². The molecule has 0 saturated carbocycles. The van der Waals surface area contributed by atoms with Gasteiger partial charge in [0.15, 0.2) is 0 Å². The second kappa shape index (κ2) is 6.87. The molecule has 0 spiro atoms. The summed E-state index contributed by atoms with van der Waals surface area (Å²) in [5, 5.41) is 10.5. The zero-order valence-corrected chi connectivity index (χ0v) is 13.8. The maximum atomic E-state index is 11.6. The van der Waals surface area contributed by atoms with E-state index in [1.165, 1.54) is 0 Å². The molecule has 6 heteroatoms. The van der Waals surface area contributed by atoms with E-state index >= 15 is 0 Å². The summed E-state index contributed by atoms with van der Waals surface area (Å²) >= 11 is 12.2. The van der Waals surface area contributed by atoms with Crippen molar-refractivity contribution in [2.45, 2.75) is 24.9 Å². The molecular weight excluding hydrogens is 335 g/mol. The molecule has 1 aromatic heterocycles. The molecule has 1 fully saturated rings. The van der Waals surface area contributed by atoms with Crippen LogP contribution in [0.15, 0.2) is 42.7 Å². The lowest BCUT2D eigenvalue weighted by Crippen LogP contribution is -2.39. The molecule has 2 aromatic rings. The molecule has 1 N–H and O–H groups in total. The van der Waals surface area contributed by atoms with Gasteiger partial charge in [0.2, 0.25) is 0 Å². The van der Waals surface area contributed by atoms with E-state index in [2.05, 4.69) is 4.98 Å². The molecule has 1 aliphatic heterocycles. The van der Waals surface area contributed by atoms with Crippen molar-refractivity contribution < 1.29 is 9.90 Å². The third kappa shape index (κ3) is 3.34. The van der Waals surface area contributed by atoms with E-state index < -0.39 is 12.0 Å². The molecule has 1 saturated heterocycles. The van der Waals surface area contributed by atoms with Gasteiger partial charge in [-0.3, -0.25) is 14.7 Å². The number of hydrogen-bond acceptors (Lipinski definition) is 3. The fourth-order valence-electron chi connectivity index (χ4n) is 3.17. The van der Waals surface area contributed by atoms with Gasteiger partial charge in [-0.2, -0.15) is 0 Å². The summed E-state index contributed by atoms with van der Waals surface area (Å²) in [6.07, 6.45) is 4.94. The third-order valence-electron chi connectivity index (χ3n) is 4.19. The standard InChI is InChI=1S/C17H16Cl2N2O2/c18-13-4-3-12(10-14(13)19)16(11-5-7-20-8-6-11)21-9-1-2-15(21)17(22)23/h3-8,10,15-16H,1-2,9H2,(H,22,23). The molecule has 2 atom stereocenters. The molecule has 0 radical (unpaired) electrons. The number of halogens is 2. The van der Waals surface area contributed by atoms with Crippen molar-refractivity contribution in [2.24, 2.45) is 0 Å². The first-order chi connectivity index (χ1) is 11.1. The maximum absolute atomic E-state index is 11.6. The molecule has 0 bridgehead atoms. The molecular formula is C17H16Cl2N2O2. The van der Waals surface area contributed by atoms with Gasteiger partial charge in [-0.25, -0.2) is 0 Å². The van der Waals surface area contributed by atoms with Crippen LogP contribution in [-0.4, -0.2) is 33.5 Å². The SMILES string of the molecule is O=C(O)C1CCCN1C(c1ccncc1)c1ccc(Cl)c(Cl)c1. The number of aliphatic carboxylic acids is 1. The largest absolute Gasteiger partial charge is 0.480 e. The van der Waals surface area contributed by atoms with E-state index in [0.29, 0.717) is 16.5 Å². The minimum Gasteiger partial charge on any atom is -0.480 e. The van der Waals surface area contributed by atoms with Crippen LogP contribution in [0.4, 0.5) is 0 Å². The number of hydrogen-bond donors (Lipinski definition) is 1. The smallest absolute Gasteiger partial charge is 0.320 e. The fraction of sp³-hybridized carbons (Fsp3) is 0.294. The fourth-order valence-corrected chi connectivity index (χ4v) is 3.47. The average molecular weight is 351 g/mol. The predicted molar refractivity (Wildman–Crippen MR) is 89.9 cm³/mol. The Morgan fingerprint density at radius 3 is 2.57 bits per heavy atom. The zero-order chi connectivity index (χ0) is 16.4. The molecule has 2 unspecified atom stereocenters. The van der Waals surface area contributed by atoms with Gasteiger partial charge in [-0.15, -0.1) is 0 Å². The minimum atomic E-state index is -0.790. The van der Waals surface area contributed by atoms with Crippen molar-refractivity contribution >= 4 is 29.2 Å². The second-order valence-electron chi connectivity index (χ2n) is 5.59. The highest BCUT2D eigenvalue weighted by atomic mass is 35.5. The minimum absolute atomic E-state index is 0.184. The number of carboxylic acid groups (broad SMARTS) is 1. The van der Waals surface area contributed by atoms with Gasteiger partial charge in [0.1, 0.15) is 6.04 Å². The summed E-state index contributed by atoms with van der Waals surface area (Å²) in [4.78, 5) is 17.7. The Morgan fingerprint density at radius 1 is 1.17 bits per heavy atom. The molecule has 120 valence electrons. The number of nitrogens with zero attached hydrogens (tertiary/aromatic N) is 2. The number of pyridine rings is 1. The van der Waals surface area contributed by atoms with E-state index in [9.17, 15) is 9.90 Å². The summed E-state index contributed by atoms with van der Waals surface area (Å²) in [5.41, 5.74) is 1.92. The van der Waals surface area contributed by atoms with Crippen molar-refractivity contribution in [3.8, 4) is 0 Å². The summed E-state index contributed by atoms with van der Waals surface area (Å²) < 4.78 is 0. The number of benzene rings is 1. The Balaban J connectivity index is 2.07. The summed E-state index contributed by atoms with van der Waals surface area (Å²) in [6, 6.07) is 8.59. The van der Waals surface area contributed by atoms with Crippen LogP contribution >= 0.6 is 23.2 Å². The molecule has 2 heterocycles. The number of likely N-dealkylation sites (tertiary alicyclic amines) is 1. The first-order valence-corrected chi connectivity index (χ1v) is 8.17. The number of rotatable bonds is 4. The van der Waals surface area contributed by atoms with E-state index in [0.717, 1.165) is 24.1 Å². The van der Waals surface area contributed by atoms with E-state index in [4.69, 9.17) is 23.2 Å². The lowest BCUT2D eigenvalue weighted by atomic mass is 9.97. The van der Waals surface area contributed by atoms with Crippen LogP contribution in [0.2, 0.25) is 10.0 Å². The highest BCUT2D eigenvalue weighted by molar-refractivity contribution is 6.42. The molecule has 4 nitrogen and oxygen atoms in total. The Hall–Kier alpha value is -1.62. The maximum Gasteiger partial charge on any atom is 0.320 e. The van der Waals surface area contributed by atoms with Crippen molar-refractivity contribution in [3.63, 3.8) is 0 Å². The summed E-state index contributed by atoms with van der Waals surface area (Å²) in [7, 11) is 0. The highest BCUT2D eigenvalue weighted by Gasteiger charge is 2.36. The first-order valence-electron chi connectivity index (χ1n) is 7.41. The van der Waals surface area contributed by atoms with Gasteiger partial charge in [-0.1, -0.05) is 29.3 Å². The average Bonchev–Trinajstić information content (AvgIpc) is 3.02. The van der Waals surface area contributed by atoms with Crippen molar-refractivity contribution in [2.75, 3.05) is 6.54 Å². The van der Waals surface area contributed by atoms with Crippen molar-refractivity contribution in [3.05, 3.63) is 63.9 Å². The lowest BCUT2D eigenvalue weighted by Gasteiger charge is -2.32. The second-order valence-corrected chi connectivity index (χ2v) is 6.41. The van der Waals surface area contributed by atoms with Gasteiger partial charge in [0.05, 0.1) is 16.1 Å². The quantitative estimate of drug-likeness (QED) is 0.904. The van der Waals surface area contributed by atoms with E-state index in [1.54, 1.807) is 18.5 Å². The molecule has 3 rings (SSSR count). The van der Waals surface area contributed by atoms with Gasteiger partial charge in [0, 0.05) is 18.9 Å². The zero-order valence-electron chi connectivity index (χ0n) is 12.3. The van der Waals surface area contributed by atoms with E-state index in [-0.39, 0.29) is 6.04 Å². The van der Waals surface area contributed by atoms with Gasteiger partial charge >= 0.3 is 5.97 Å². The van der Waals surface area contributed by atoms with Crippen molar-refractivity contribution in [1.82, 2.24) is 9.88 Å². The molecule has 1 aromatic carbocycles. The summed E-state index contributed by atoms with van der Waals surface area (Å²) in [5.74, 6) is -0.790. The Kier molecular flexibility index (Phi) is 4.85. The molecule has 0 amide bonds. The Bertz CT molecular complexity index is 709. The van der Waals surface area contributed by atoms with Crippen LogP contribution in [0.25, 0.3) is 0 Å². The third-order valence-corrected chi connectivity index (χ3v) is 4.93. The highest BCUT2D eigenvalue weighted by Crippen LogP contribution is 2.36. The predicted octanol–water partition coefficient (Wildman–Crippen LogP) is 4.03. The lowest BCUT2D eigenvalue weighted by molar-refractivity contribution is -0.142. The first kappa shape index (κ1) is 16.2. The van der Waals surface area contributed by atoms with Crippen LogP contribution in [0.5, 0.6) is 0 Å². The molecule has 1 aliphatic rings. The Morgan fingerprint density at radius 2 is 1.91 bits per heavy atom. The number of aromatic nitrogens is 1. The van der Waals surface area contributed by atoms with Gasteiger partial charge in [-0.05, 0) is 48.2 Å². The van der Waals surface area contributed by atoms with Crippen LogP contribution in [0, 0.1) is 0 Å². The van der Waals surface area contributed by atoms with Gasteiger partial charge in [0.25, 0.3) is 0 Å². The normalized spacial score (nSPS) is 19.7. The Labute approximate surface area is 144 Å². The van der Waals surface area contributed by atoms with Crippen LogP contribution in [-0.2, 0) is 4.79 Å². The van der Waals surface area contributed by atoms with Crippen LogP contribution in [0.3, 0.4) is 0 Å². The summed E-state index contributed by atoms with van der Waals surface area (Å²) in [6.45, 7) is 0.726. The van der Waals surface area contributed by atoms with E-state index in [1.807, 2.05) is 29.2 Å². The van der Waals surface area contributed by atoms with Gasteiger partial charge < -0.3 is 5.11 Å². The van der Waals surface area contributed by atoms with Crippen molar-refractivity contribution in [1.29, 1.82) is 0 Å². The van der Waals surface area contributed by atoms with Crippen LogP contribution in [0.1, 0.15) is 30.0 Å². The van der Waals surface area contributed by atoms with Crippen LogP contribution < -0.4 is 0 Å². The molecule has 0 aliphatic carbocycles. The number of carboxylic acids is 1. The molecule has 23 heavy (non-hydrogen) atoms.